The lowest BCUT2D eigenvalue weighted by molar-refractivity contribution is 1.48. The summed E-state index contributed by atoms with van der Waals surface area (Å²) in [5.74, 6) is 0. The van der Waals surface area contributed by atoms with E-state index in [1.807, 2.05) is 34.8 Å². The van der Waals surface area contributed by atoms with Gasteiger partial charge >= 0.3 is 0 Å². The summed E-state index contributed by atoms with van der Waals surface area (Å²) in [7, 11) is 0. The van der Waals surface area contributed by atoms with E-state index in [4.69, 9.17) is 0 Å². The molecular formula is C49H29NS2. The Hall–Kier alpha value is -6.31. The van der Waals surface area contributed by atoms with Gasteiger partial charge in [0.1, 0.15) is 0 Å². The number of fused-ring (bicyclic) bond motifs is 6. The number of hydrogen-bond donors (Lipinski definition) is 0. The van der Waals surface area contributed by atoms with Crippen molar-refractivity contribution in [2.24, 2.45) is 0 Å². The standard InChI is InChI=1S/C49H29NS2/c50-30-31-27-38(29-39(28-31)35-21-25-37(26-22-35)41-10-6-12-45-43-8-2-4-14-47(43)52-49(41)45)34-17-15-32(16-18-34)33-19-23-36(24-20-33)40-9-5-11-44-42-7-1-3-13-46(42)51-48(40)44/h1-29H. The molecule has 2 heterocycles. The van der Waals surface area contributed by atoms with Gasteiger partial charge in [-0.2, -0.15) is 5.26 Å². The Balaban J connectivity index is 0.931. The lowest BCUT2D eigenvalue weighted by Crippen LogP contribution is -1.87. The second-order valence-electron chi connectivity index (χ2n) is 13.2. The summed E-state index contributed by atoms with van der Waals surface area (Å²) in [5.41, 5.74) is 12.2. The molecule has 52 heavy (non-hydrogen) atoms. The van der Waals surface area contributed by atoms with Gasteiger partial charge < -0.3 is 0 Å². The fourth-order valence-electron chi connectivity index (χ4n) is 7.51. The third-order valence-corrected chi connectivity index (χ3v) is 12.6. The minimum absolute atomic E-state index is 0.653. The van der Waals surface area contributed by atoms with Crippen LogP contribution in [0.3, 0.4) is 0 Å². The molecule has 0 fully saturated rings. The molecular weight excluding hydrogens is 667 g/mol. The average Bonchev–Trinajstić information content (AvgIpc) is 3.80. The minimum atomic E-state index is 0.653. The van der Waals surface area contributed by atoms with Crippen molar-refractivity contribution in [2.45, 2.75) is 0 Å². The van der Waals surface area contributed by atoms with Gasteiger partial charge in [-0.15, -0.1) is 22.7 Å². The molecule has 0 spiro atoms. The highest BCUT2D eigenvalue weighted by Gasteiger charge is 2.13. The van der Waals surface area contributed by atoms with E-state index >= 15 is 0 Å². The van der Waals surface area contributed by atoms with Crippen LogP contribution in [0, 0.1) is 11.3 Å². The summed E-state index contributed by atoms with van der Waals surface area (Å²) >= 11 is 3.72. The van der Waals surface area contributed by atoms with Crippen LogP contribution in [0.25, 0.3) is 96.0 Å². The van der Waals surface area contributed by atoms with Crippen LogP contribution in [0.4, 0.5) is 0 Å². The molecule has 0 aliphatic heterocycles. The zero-order valence-electron chi connectivity index (χ0n) is 28.0. The van der Waals surface area contributed by atoms with Crippen molar-refractivity contribution in [1.29, 1.82) is 5.26 Å². The maximum atomic E-state index is 9.98. The minimum Gasteiger partial charge on any atom is -0.192 e. The first-order valence-electron chi connectivity index (χ1n) is 17.4. The van der Waals surface area contributed by atoms with Gasteiger partial charge in [-0.1, -0.05) is 146 Å². The lowest BCUT2D eigenvalue weighted by atomic mass is 9.94. The number of hydrogen-bond acceptors (Lipinski definition) is 3. The molecule has 0 amide bonds. The Morgan fingerprint density at radius 2 is 0.692 bits per heavy atom. The molecule has 0 N–H and O–H groups in total. The predicted molar refractivity (Wildman–Crippen MR) is 224 cm³/mol. The molecule has 0 aliphatic carbocycles. The fraction of sp³-hybridized carbons (Fsp3) is 0. The number of nitrogens with zero attached hydrogens (tertiary/aromatic N) is 1. The fourth-order valence-corrected chi connectivity index (χ4v) is 9.99. The summed E-state index contributed by atoms with van der Waals surface area (Å²) in [5, 5.41) is 15.2. The van der Waals surface area contributed by atoms with Crippen molar-refractivity contribution in [1.82, 2.24) is 0 Å². The summed E-state index contributed by atoms with van der Waals surface area (Å²) in [6, 6.07) is 65.4. The zero-order valence-corrected chi connectivity index (χ0v) is 29.6. The van der Waals surface area contributed by atoms with Crippen LogP contribution in [0.5, 0.6) is 0 Å². The highest BCUT2D eigenvalue weighted by molar-refractivity contribution is 7.26. The van der Waals surface area contributed by atoms with E-state index in [0.29, 0.717) is 5.56 Å². The number of thiophene rings is 2. The third kappa shape index (κ3) is 5.20. The monoisotopic (exact) mass is 695 g/mol. The van der Waals surface area contributed by atoms with E-state index in [1.165, 1.54) is 68.2 Å². The molecule has 0 bridgehead atoms. The van der Waals surface area contributed by atoms with Crippen molar-refractivity contribution in [3.05, 3.63) is 181 Å². The second kappa shape index (κ2) is 12.5. The zero-order chi connectivity index (χ0) is 34.6. The molecule has 1 nitrogen and oxygen atoms in total. The Morgan fingerprint density at radius 1 is 0.327 bits per heavy atom. The van der Waals surface area contributed by atoms with E-state index < -0.39 is 0 Å². The maximum absolute atomic E-state index is 9.98. The van der Waals surface area contributed by atoms with E-state index in [1.54, 1.807) is 0 Å². The molecule has 242 valence electrons. The van der Waals surface area contributed by atoms with Crippen LogP contribution in [-0.4, -0.2) is 0 Å². The smallest absolute Gasteiger partial charge is 0.0992 e. The average molecular weight is 696 g/mol. The topological polar surface area (TPSA) is 23.8 Å². The summed E-state index contributed by atoms with van der Waals surface area (Å²) in [6.45, 7) is 0. The molecule has 3 heteroatoms. The Bertz CT molecular complexity index is 2990. The molecule has 0 radical (unpaired) electrons. The molecule has 0 atom stereocenters. The van der Waals surface area contributed by atoms with Gasteiger partial charge in [0.05, 0.1) is 11.6 Å². The molecule has 10 rings (SSSR count). The van der Waals surface area contributed by atoms with Crippen molar-refractivity contribution in [2.75, 3.05) is 0 Å². The van der Waals surface area contributed by atoms with E-state index in [2.05, 4.69) is 170 Å². The number of benzene rings is 8. The Kier molecular flexibility index (Phi) is 7.32. The molecule has 0 saturated heterocycles. The van der Waals surface area contributed by atoms with Gasteiger partial charge in [0.15, 0.2) is 0 Å². The molecule has 8 aromatic carbocycles. The summed E-state index contributed by atoms with van der Waals surface area (Å²) < 4.78 is 5.28. The van der Waals surface area contributed by atoms with Gasteiger partial charge in [0.25, 0.3) is 0 Å². The van der Waals surface area contributed by atoms with Crippen LogP contribution >= 0.6 is 22.7 Å². The van der Waals surface area contributed by atoms with Crippen molar-refractivity contribution >= 4 is 63.0 Å². The maximum Gasteiger partial charge on any atom is 0.0992 e. The van der Waals surface area contributed by atoms with E-state index in [-0.39, 0.29) is 0 Å². The van der Waals surface area contributed by atoms with Crippen molar-refractivity contribution in [3.8, 4) is 61.7 Å². The molecule has 0 saturated carbocycles. The molecule has 2 aromatic heterocycles. The first-order valence-corrected chi connectivity index (χ1v) is 19.0. The first kappa shape index (κ1) is 30.5. The quantitative estimate of drug-likeness (QED) is 0.176. The van der Waals surface area contributed by atoms with E-state index in [0.717, 1.165) is 27.8 Å². The van der Waals surface area contributed by atoms with E-state index in [9.17, 15) is 5.26 Å². The molecule has 10 aromatic rings. The Morgan fingerprint density at radius 3 is 1.12 bits per heavy atom. The van der Waals surface area contributed by atoms with Gasteiger partial charge in [0, 0.05) is 40.3 Å². The Labute approximate surface area is 309 Å². The highest BCUT2D eigenvalue weighted by Crippen LogP contribution is 2.42. The van der Waals surface area contributed by atoms with Crippen LogP contribution in [0.2, 0.25) is 0 Å². The largest absolute Gasteiger partial charge is 0.192 e. The normalized spacial score (nSPS) is 11.4. The number of rotatable bonds is 5. The summed E-state index contributed by atoms with van der Waals surface area (Å²) in [4.78, 5) is 0. The second-order valence-corrected chi connectivity index (χ2v) is 15.3. The van der Waals surface area contributed by atoms with Crippen molar-refractivity contribution in [3.63, 3.8) is 0 Å². The van der Waals surface area contributed by atoms with Gasteiger partial charge in [-0.25, -0.2) is 0 Å². The molecule has 0 unspecified atom stereocenters. The third-order valence-electron chi connectivity index (χ3n) is 10.1. The van der Waals surface area contributed by atoms with Crippen LogP contribution in [0.1, 0.15) is 5.56 Å². The van der Waals surface area contributed by atoms with Crippen LogP contribution in [-0.2, 0) is 0 Å². The summed E-state index contributed by atoms with van der Waals surface area (Å²) in [6.07, 6.45) is 0. The SMILES string of the molecule is N#Cc1cc(-c2ccc(-c3ccc(-c4cccc5c4sc4ccccc45)cc3)cc2)cc(-c2ccc(-c3cccc4c3sc3ccccc34)cc2)c1. The van der Waals surface area contributed by atoms with Crippen molar-refractivity contribution < 1.29 is 0 Å². The van der Waals surface area contributed by atoms with Gasteiger partial charge in [-0.3, -0.25) is 0 Å². The van der Waals surface area contributed by atoms with Gasteiger partial charge in [0.2, 0.25) is 0 Å². The lowest BCUT2D eigenvalue weighted by Gasteiger charge is -2.10. The first-order chi connectivity index (χ1) is 25.7. The highest BCUT2D eigenvalue weighted by atomic mass is 32.1. The van der Waals surface area contributed by atoms with Gasteiger partial charge in [-0.05, 0) is 86.0 Å². The number of nitriles is 1. The van der Waals surface area contributed by atoms with Crippen LogP contribution in [0.15, 0.2) is 176 Å². The molecule has 0 aliphatic rings. The predicted octanol–water partition coefficient (Wildman–Crippen LogP) is 14.6. The van der Waals surface area contributed by atoms with Crippen LogP contribution < -0.4 is 0 Å².